The highest BCUT2D eigenvalue weighted by Crippen LogP contribution is 2.39. The van der Waals surface area contributed by atoms with Crippen LogP contribution in [0.2, 0.25) is 0 Å². The van der Waals surface area contributed by atoms with Crippen LogP contribution in [0.3, 0.4) is 0 Å². The van der Waals surface area contributed by atoms with E-state index >= 15 is 0 Å². The fraction of sp³-hybridized carbons (Fsp3) is 0.308. The Morgan fingerprint density at radius 2 is 1.19 bits per heavy atom. The van der Waals surface area contributed by atoms with Gasteiger partial charge in [-0.3, -0.25) is 0 Å². The molecule has 0 saturated carbocycles. The molecule has 6 heteroatoms. The monoisotopic (exact) mass is 468 g/mol. The molecule has 0 aliphatic carbocycles. The molecule has 0 bridgehead atoms. The van der Waals surface area contributed by atoms with Gasteiger partial charge in [0.25, 0.3) is 0 Å². The molecular weight excluding hydrogens is 438 g/mol. The largest absolute Gasteiger partial charge is 0.597 e. The first-order chi connectivity index (χ1) is 14.9. The van der Waals surface area contributed by atoms with E-state index in [0.717, 1.165) is 16.7 Å². The molecule has 1 N–H and O–H groups in total. The van der Waals surface area contributed by atoms with Crippen molar-refractivity contribution in [1.82, 2.24) is 0 Å². The second-order valence-electron chi connectivity index (χ2n) is 9.93. The molecule has 0 amide bonds. The fourth-order valence-corrected chi connectivity index (χ4v) is 4.60. The Bertz CT molecular complexity index is 1140. The molecule has 32 heavy (non-hydrogen) atoms. The van der Waals surface area contributed by atoms with Crippen molar-refractivity contribution in [3.63, 3.8) is 0 Å². The van der Waals surface area contributed by atoms with E-state index in [1.807, 2.05) is 24.3 Å². The second-order valence-corrected chi connectivity index (χ2v) is 12.2. The molecule has 3 aromatic rings. The first-order valence-electron chi connectivity index (χ1n) is 10.5. The van der Waals surface area contributed by atoms with E-state index in [0.29, 0.717) is 16.4 Å². The fourth-order valence-electron chi connectivity index (χ4n) is 3.36. The Kier molecular flexibility index (Phi) is 7.00. The lowest BCUT2D eigenvalue weighted by molar-refractivity contribution is 0.492. The lowest BCUT2D eigenvalue weighted by Crippen LogP contribution is -2.17. The van der Waals surface area contributed by atoms with Crippen LogP contribution in [0.4, 0.5) is 0 Å². The van der Waals surface area contributed by atoms with E-state index in [1.54, 1.807) is 36.4 Å². The standard InChI is InChI=1S/C26H29O4P2/c1-25(2,3)20-11-16-24(23(17-20)26(4,5)6)30-32(29)22-14-9-19(10-15-22)18-7-12-21(13-8-18)31(27)28/h7-17H,1-6H3/q+1/p+1. The van der Waals surface area contributed by atoms with Gasteiger partial charge < -0.3 is 0 Å². The van der Waals surface area contributed by atoms with Gasteiger partial charge in [-0.1, -0.05) is 53.7 Å². The van der Waals surface area contributed by atoms with Crippen molar-refractivity contribution in [2.75, 3.05) is 0 Å². The minimum absolute atomic E-state index is 0.0154. The zero-order valence-corrected chi connectivity index (χ0v) is 21.2. The molecule has 2 unspecified atom stereocenters. The topological polar surface area (TPSA) is 63.6 Å². The highest BCUT2D eigenvalue weighted by molar-refractivity contribution is 7.48. The smallest absolute Gasteiger partial charge is 0.250 e. The predicted octanol–water partition coefficient (Wildman–Crippen LogP) is 6.76. The van der Waals surface area contributed by atoms with Gasteiger partial charge in [-0.25, -0.2) is 4.52 Å². The lowest BCUT2D eigenvalue weighted by atomic mass is 9.80. The predicted molar refractivity (Wildman–Crippen MR) is 133 cm³/mol. The summed E-state index contributed by atoms with van der Waals surface area (Å²) < 4.78 is 30.1. The van der Waals surface area contributed by atoms with Crippen molar-refractivity contribution >= 4 is 26.7 Å². The Hall–Kier alpha value is -2.38. The summed E-state index contributed by atoms with van der Waals surface area (Å²) in [5.74, 6) is 0.643. The summed E-state index contributed by atoms with van der Waals surface area (Å²) in [6.07, 6.45) is 0. The van der Waals surface area contributed by atoms with E-state index in [9.17, 15) is 14.0 Å². The Labute approximate surface area is 192 Å². The van der Waals surface area contributed by atoms with Crippen LogP contribution in [0.15, 0.2) is 66.7 Å². The highest BCUT2D eigenvalue weighted by Gasteiger charge is 2.30. The molecule has 0 aliphatic heterocycles. The molecule has 0 radical (unpaired) electrons. The number of hydrogen-bond donors (Lipinski definition) is 1. The summed E-state index contributed by atoms with van der Waals surface area (Å²) in [4.78, 5) is 9.19. The van der Waals surface area contributed by atoms with Crippen LogP contribution >= 0.6 is 16.1 Å². The van der Waals surface area contributed by atoms with Crippen LogP contribution in [0.1, 0.15) is 52.7 Å². The maximum absolute atomic E-state index is 13.0. The summed E-state index contributed by atoms with van der Waals surface area (Å²) in [7, 11) is -4.41. The summed E-state index contributed by atoms with van der Waals surface area (Å²) >= 11 is 0. The van der Waals surface area contributed by atoms with Gasteiger partial charge >= 0.3 is 16.1 Å². The van der Waals surface area contributed by atoms with Crippen LogP contribution < -0.4 is 15.1 Å². The van der Waals surface area contributed by atoms with Crippen LogP contribution in [-0.4, -0.2) is 4.89 Å². The molecule has 3 aromatic carbocycles. The van der Waals surface area contributed by atoms with Gasteiger partial charge in [0, 0.05) is 5.56 Å². The minimum atomic E-state index is -2.34. The van der Waals surface area contributed by atoms with E-state index in [4.69, 9.17) is 4.52 Å². The molecule has 166 valence electrons. The normalized spacial score (nSPS) is 13.0. The van der Waals surface area contributed by atoms with Gasteiger partial charge in [0.2, 0.25) is 10.6 Å². The SMILES string of the molecule is CC(C)(C)c1ccc(O[P+](=O)c2ccc(-c3ccc([P+](=O)O)cc3)cc2)c(C(C)(C)C)c1. The lowest BCUT2D eigenvalue weighted by Gasteiger charge is -2.25. The molecule has 0 aliphatic rings. The summed E-state index contributed by atoms with van der Waals surface area (Å²) in [6, 6.07) is 20.4. The van der Waals surface area contributed by atoms with Crippen LogP contribution in [0, 0.1) is 0 Å². The van der Waals surface area contributed by atoms with Crippen molar-refractivity contribution in [3.05, 3.63) is 77.9 Å². The molecule has 2 atom stereocenters. The van der Waals surface area contributed by atoms with Crippen LogP contribution in [-0.2, 0) is 20.0 Å². The average molecular weight is 468 g/mol. The molecular formula is C26H30O4P2+2. The first kappa shape index (κ1) is 24.3. The van der Waals surface area contributed by atoms with E-state index in [1.165, 1.54) is 5.56 Å². The van der Waals surface area contributed by atoms with E-state index < -0.39 is 16.1 Å². The molecule has 0 aromatic heterocycles. The number of hydrogen-bond acceptors (Lipinski definition) is 3. The first-order valence-corrected chi connectivity index (χ1v) is 12.9. The Morgan fingerprint density at radius 3 is 1.62 bits per heavy atom. The molecule has 0 fully saturated rings. The van der Waals surface area contributed by atoms with Crippen molar-refractivity contribution < 1.29 is 18.5 Å². The van der Waals surface area contributed by atoms with E-state index in [-0.39, 0.29) is 10.8 Å². The molecule has 4 nitrogen and oxygen atoms in total. The third-order valence-corrected chi connectivity index (χ3v) is 7.16. The van der Waals surface area contributed by atoms with E-state index in [2.05, 4.69) is 47.6 Å². The Morgan fingerprint density at radius 1 is 0.688 bits per heavy atom. The number of rotatable bonds is 5. The quantitative estimate of drug-likeness (QED) is 0.421. The zero-order chi connectivity index (χ0) is 23.7. The molecule has 0 heterocycles. The van der Waals surface area contributed by atoms with Gasteiger partial charge in [-0.2, -0.15) is 4.89 Å². The molecule has 3 rings (SSSR count). The van der Waals surface area contributed by atoms with Crippen molar-refractivity contribution in [3.8, 4) is 16.9 Å². The summed E-state index contributed by atoms with van der Waals surface area (Å²) in [5, 5.41) is 1.00. The summed E-state index contributed by atoms with van der Waals surface area (Å²) in [5.41, 5.74) is 3.96. The average Bonchev–Trinajstić information content (AvgIpc) is 2.72. The van der Waals surface area contributed by atoms with Gasteiger partial charge in [-0.05, 0) is 91.2 Å². The third-order valence-electron chi connectivity index (χ3n) is 5.33. The van der Waals surface area contributed by atoms with Gasteiger partial charge in [-0.15, -0.1) is 0 Å². The Balaban J connectivity index is 1.84. The van der Waals surface area contributed by atoms with Crippen LogP contribution in [0.25, 0.3) is 11.1 Å². The third kappa shape index (κ3) is 5.70. The molecule has 0 spiro atoms. The summed E-state index contributed by atoms with van der Waals surface area (Å²) in [6.45, 7) is 12.9. The maximum Gasteiger partial charge on any atom is 0.597 e. The zero-order valence-electron chi connectivity index (χ0n) is 19.4. The maximum atomic E-state index is 13.0. The van der Waals surface area contributed by atoms with Crippen molar-refractivity contribution in [1.29, 1.82) is 0 Å². The van der Waals surface area contributed by atoms with Crippen LogP contribution in [0.5, 0.6) is 5.75 Å². The number of benzene rings is 3. The molecule has 0 saturated heterocycles. The van der Waals surface area contributed by atoms with Gasteiger partial charge in [0.1, 0.15) is 0 Å². The van der Waals surface area contributed by atoms with Gasteiger partial charge in [0.15, 0.2) is 5.75 Å². The minimum Gasteiger partial charge on any atom is -0.250 e. The highest BCUT2D eigenvalue weighted by atomic mass is 31.1. The van der Waals surface area contributed by atoms with Crippen molar-refractivity contribution in [2.45, 2.75) is 52.4 Å². The van der Waals surface area contributed by atoms with Crippen molar-refractivity contribution in [2.24, 2.45) is 0 Å². The second kappa shape index (κ2) is 9.24. The van der Waals surface area contributed by atoms with Gasteiger partial charge in [0.05, 0.1) is 0 Å².